The molecule has 3 aromatic rings. The van der Waals surface area contributed by atoms with Gasteiger partial charge in [-0.2, -0.15) is 5.26 Å². The van der Waals surface area contributed by atoms with Crippen LogP contribution in [-0.2, 0) is 6.54 Å². The van der Waals surface area contributed by atoms with Crippen LogP contribution in [0.1, 0.15) is 21.6 Å². The predicted octanol–water partition coefficient (Wildman–Crippen LogP) is 3.73. The second-order valence-corrected chi connectivity index (χ2v) is 5.83. The number of halogens is 1. The van der Waals surface area contributed by atoms with Gasteiger partial charge in [-0.1, -0.05) is 34.1 Å². The summed E-state index contributed by atoms with van der Waals surface area (Å²) in [5.41, 5.74) is 2.91. The predicted molar refractivity (Wildman–Crippen MR) is 88.3 cm³/mol. The lowest BCUT2D eigenvalue weighted by Gasteiger charge is -2.04. The quantitative estimate of drug-likeness (QED) is 0.753. The van der Waals surface area contributed by atoms with Crippen LogP contribution in [-0.4, -0.2) is 10.9 Å². The zero-order chi connectivity index (χ0) is 15.5. The van der Waals surface area contributed by atoms with E-state index in [9.17, 15) is 4.79 Å². The number of carbonyl (C=O) groups excluding carboxylic acids is 1. The Balaban J connectivity index is 1.74. The smallest absolute Gasteiger partial charge is 0.267 e. The molecule has 5 heteroatoms. The summed E-state index contributed by atoms with van der Waals surface area (Å²) in [6.45, 7) is 0.382. The first-order chi connectivity index (χ1) is 10.7. The number of aromatic amines is 1. The van der Waals surface area contributed by atoms with Crippen LogP contribution < -0.4 is 5.32 Å². The fraction of sp³-hybridized carbons (Fsp3) is 0.0588. The van der Waals surface area contributed by atoms with E-state index in [1.165, 1.54) is 0 Å². The molecule has 0 saturated heterocycles. The summed E-state index contributed by atoms with van der Waals surface area (Å²) in [4.78, 5) is 15.3. The van der Waals surface area contributed by atoms with E-state index in [-0.39, 0.29) is 5.91 Å². The Bertz CT molecular complexity index is 892. The molecule has 2 N–H and O–H groups in total. The minimum Gasteiger partial charge on any atom is -0.350 e. The number of H-pyrrole nitrogens is 1. The number of rotatable bonds is 3. The monoisotopic (exact) mass is 353 g/mol. The lowest BCUT2D eigenvalue weighted by molar-refractivity contribution is 0.0947. The van der Waals surface area contributed by atoms with Crippen LogP contribution >= 0.6 is 15.9 Å². The highest BCUT2D eigenvalue weighted by Crippen LogP contribution is 2.20. The van der Waals surface area contributed by atoms with Crippen LogP contribution in [0.2, 0.25) is 0 Å². The summed E-state index contributed by atoms with van der Waals surface area (Å²) in [6, 6.07) is 16.9. The highest BCUT2D eigenvalue weighted by Gasteiger charge is 2.09. The van der Waals surface area contributed by atoms with Gasteiger partial charge in [0.25, 0.3) is 5.91 Å². The van der Waals surface area contributed by atoms with Gasteiger partial charge in [-0.05, 0) is 35.9 Å². The van der Waals surface area contributed by atoms with Crippen LogP contribution in [0.4, 0.5) is 0 Å². The molecule has 0 bridgehead atoms. The molecule has 1 aromatic heterocycles. The van der Waals surface area contributed by atoms with Gasteiger partial charge in [-0.3, -0.25) is 4.79 Å². The summed E-state index contributed by atoms with van der Waals surface area (Å²) in [7, 11) is 0. The Labute approximate surface area is 135 Å². The van der Waals surface area contributed by atoms with Crippen molar-refractivity contribution in [2.75, 3.05) is 0 Å². The van der Waals surface area contributed by atoms with Crippen molar-refractivity contribution in [3.05, 3.63) is 69.8 Å². The molecule has 1 heterocycles. The molecule has 1 amide bonds. The molecule has 3 rings (SSSR count). The molecule has 22 heavy (non-hydrogen) atoms. The van der Waals surface area contributed by atoms with E-state index in [0.29, 0.717) is 17.8 Å². The molecular formula is C17H12BrN3O. The summed E-state index contributed by atoms with van der Waals surface area (Å²) < 4.78 is 0.960. The maximum atomic E-state index is 12.2. The van der Waals surface area contributed by atoms with Gasteiger partial charge in [-0.25, -0.2) is 0 Å². The molecule has 0 atom stereocenters. The van der Waals surface area contributed by atoms with E-state index in [0.717, 1.165) is 20.9 Å². The van der Waals surface area contributed by atoms with E-state index in [2.05, 4.69) is 32.3 Å². The fourth-order valence-electron chi connectivity index (χ4n) is 2.25. The fourth-order valence-corrected chi connectivity index (χ4v) is 2.61. The van der Waals surface area contributed by atoms with Crippen LogP contribution in [0.5, 0.6) is 0 Å². The summed E-state index contributed by atoms with van der Waals surface area (Å²) >= 11 is 3.41. The third-order valence-corrected chi connectivity index (χ3v) is 3.83. The number of hydrogen-bond donors (Lipinski definition) is 2. The first kappa shape index (κ1) is 14.4. The van der Waals surface area contributed by atoms with Gasteiger partial charge in [0.1, 0.15) is 5.69 Å². The second kappa shape index (κ2) is 6.04. The Morgan fingerprint density at radius 2 is 2.09 bits per heavy atom. The van der Waals surface area contributed by atoms with Crippen molar-refractivity contribution in [3.63, 3.8) is 0 Å². The number of nitriles is 1. The number of fused-ring (bicyclic) bond motifs is 1. The lowest BCUT2D eigenvalue weighted by Crippen LogP contribution is -2.23. The molecule has 0 aliphatic heterocycles. The number of nitrogens with one attached hydrogen (secondary N) is 2. The van der Waals surface area contributed by atoms with Crippen LogP contribution in [0, 0.1) is 11.3 Å². The molecule has 0 spiro atoms. The Kier molecular flexibility index (Phi) is 3.94. The lowest BCUT2D eigenvalue weighted by atomic mass is 10.1. The molecule has 0 saturated carbocycles. The number of benzene rings is 2. The van der Waals surface area contributed by atoms with Crippen molar-refractivity contribution in [2.45, 2.75) is 6.54 Å². The second-order valence-electron chi connectivity index (χ2n) is 4.91. The van der Waals surface area contributed by atoms with Gasteiger partial charge in [0.15, 0.2) is 0 Å². The average molecular weight is 354 g/mol. The molecule has 4 nitrogen and oxygen atoms in total. The van der Waals surface area contributed by atoms with E-state index in [1.807, 2.05) is 30.3 Å². The summed E-state index contributed by atoms with van der Waals surface area (Å²) in [5.74, 6) is -0.172. The summed E-state index contributed by atoms with van der Waals surface area (Å²) in [6.07, 6.45) is 0. The standard InChI is InChI=1S/C17H12BrN3O/c18-14-5-4-13-7-16(21-15(13)8-14)17(22)20-10-12-3-1-2-11(6-12)9-19/h1-8,21H,10H2,(H,20,22). The van der Waals surface area contributed by atoms with E-state index in [1.54, 1.807) is 18.2 Å². The molecule has 0 radical (unpaired) electrons. The third-order valence-electron chi connectivity index (χ3n) is 3.34. The Morgan fingerprint density at radius 1 is 1.23 bits per heavy atom. The van der Waals surface area contributed by atoms with Crippen LogP contribution in [0.3, 0.4) is 0 Å². The van der Waals surface area contributed by atoms with Gasteiger partial charge in [0, 0.05) is 21.9 Å². The first-order valence-electron chi connectivity index (χ1n) is 6.71. The van der Waals surface area contributed by atoms with Crippen molar-refractivity contribution < 1.29 is 4.79 Å². The normalized spacial score (nSPS) is 10.4. The Morgan fingerprint density at radius 3 is 2.91 bits per heavy atom. The third kappa shape index (κ3) is 3.02. The van der Waals surface area contributed by atoms with Gasteiger partial charge < -0.3 is 10.3 Å². The largest absolute Gasteiger partial charge is 0.350 e. The number of carbonyl (C=O) groups is 1. The molecule has 108 valence electrons. The van der Waals surface area contributed by atoms with E-state index >= 15 is 0 Å². The minimum absolute atomic E-state index is 0.172. The van der Waals surface area contributed by atoms with E-state index < -0.39 is 0 Å². The molecule has 0 aliphatic carbocycles. The zero-order valence-electron chi connectivity index (χ0n) is 11.6. The first-order valence-corrected chi connectivity index (χ1v) is 7.50. The summed E-state index contributed by atoms with van der Waals surface area (Å²) in [5, 5.41) is 12.7. The van der Waals surface area contributed by atoms with Gasteiger partial charge in [0.2, 0.25) is 0 Å². The van der Waals surface area contributed by atoms with Gasteiger partial charge in [-0.15, -0.1) is 0 Å². The van der Waals surface area contributed by atoms with Gasteiger partial charge >= 0.3 is 0 Å². The van der Waals surface area contributed by atoms with Crippen molar-refractivity contribution >= 4 is 32.7 Å². The Hall–Kier alpha value is -2.58. The SMILES string of the molecule is N#Cc1cccc(CNC(=O)c2cc3ccc(Br)cc3[nH]2)c1. The maximum absolute atomic E-state index is 12.2. The molecule has 2 aromatic carbocycles. The van der Waals surface area contributed by atoms with Gasteiger partial charge in [0.05, 0.1) is 11.6 Å². The molecule has 0 aliphatic rings. The number of hydrogen-bond acceptors (Lipinski definition) is 2. The van der Waals surface area contributed by atoms with E-state index in [4.69, 9.17) is 5.26 Å². The number of aromatic nitrogens is 1. The minimum atomic E-state index is -0.172. The topological polar surface area (TPSA) is 68.7 Å². The molecule has 0 fully saturated rings. The van der Waals surface area contributed by atoms with Crippen LogP contribution in [0.25, 0.3) is 10.9 Å². The van der Waals surface area contributed by atoms with Crippen molar-refractivity contribution in [1.29, 1.82) is 5.26 Å². The molecule has 0 unspecified atom stereocenters. The molecular weight excluding hydrogens is 342 g/mol. The van der Waals surface area contributed by atoms with Crippen molar-refractivity contribution in [3.8, 4) is 6.07 Å². The van der Waals surface area contributed by atoms with Crippen molar-refractivity contribution in [1.82, 2.24) is 10.3 Å². The van der Waals surface area contributed by atoms with Crippen molar-refractivity contribution in [2.24, 2.45) is 0 Å². The number of nitrogens with zero attached hydrogens (tertiary/aromatic N) is 1. The number of amides is 1. The zero-order valence-corrected chi connectivity index (χ0v) is 13.1. The van der Waals surface area contributed by atoms with Crippen LogP contribution in [0.15, 0.2) is 53.0 Å². The maximum Gasteiger partial charge on any atom is 0.267 e. The highest BCUT2D eigenvalue weighted by molar-refractivity contribution is 9.10. The average Bonchev–Trinajstić information content (AvgIpc) is 2.96. The highest BCUT2D eigenvalue weighted by atomic mass is 79.9.